The van der Waals surface area contributed by atoms with Gasteiger partial charge in [0.1, 0.15) is 25.9 Å². The van der Waals surface area contributed by atoms with Gasteiger partial charge in [-0.2, -0.15) is 0 Å². The fourth-order valence-electron chi connectivity index (χ4n) is 5.45. The van der Waals surface area contributed by atoms with Crippen LogP contribution in [0.1, 0.15) is 127 Å². The molecule has 0 unspecified atom stereocenters. The van der Waals surface area contributed by atoms with E-state index in [9.17, 15) is 14.4 Å². The zero-order chi connectivity index (χ0) is 31.8. The van der Waals surface area contributed by atoms with Crippen LogP contribution in [0.25, 0.3) is 0 Å². The fraction of sp³-hybridized carbons (Fsp3) is 0.697. The Bertz CT molecular complexity index is 951. The molecule has 44 heavy (non-hydrogen) atoms. The van der Waals surface area contributed by atoms with Crippen LogP contribution < -0.4 is 16.8 Å². The van der Waals surface area contributed by atoms with E-state index >= 15 is 0 Å². The van der Waals surface area contributed by atoms with Crippen molar-refractivity contribution in [3.63, 3.8) is 0 Å². The van der Waals surface area contributed by atoms with Crippen LogP contribution in [-0.4, -0.2) is 56.5 Å². The van der Waals surface area contributed by atoms with Gasteiger partial charge in [0.05, 0.1) is 5.71 Å². The summed E-state index contributed by atoms with van der Waals surface area (Å²) < 4.78 is 14.3. The Morgan fingerprint density at radius 3 is 1.64 bits per heavy atom. The Balaban J connectivity index is 1.79. The van der Waals surface area contributed by atoms with Crippen LogP contribution in [0.3, 0.4) is 0 Å². The van der Waals surface area contributed by atoms with Crippen molar-refractivity contribution in [3.8, 4) is 0 Å². The quantitative estimate of drug-likeness (QED) is 0.103. The maximum absolute atomic E-state index is 12.0. The number of amides is 3. The molecule has 3 amide bonds. The van der Waals surface area contributed by atoms with E-state index in [1.54, 1.807) is 0 Å². The second-order valence-corrected chi connectivity index (χ2v) is 11.6. The van der Waals surface area contributed by atoms with Crippen LogP contribution >= 0.6 is 0 Å². The van der Waals surface area contributed by atoms with E-state index in [4.69, 9.17) is 21.0 Å². The highest BCUT2D eigenvalue weighted by atomic mass is 16.6. The summed E-state index contributed by atoms with van der Waals surface area (Å²) in [7, 11) is 0. The molecule has 5 N–H and O–H groups in total. The third kappa shape index (κ3) is 17.6. The molecule has 0 bridgehead atoms. The summed E-state index contributed by atoms with van der Waals surface area (Å²) in [4.78, 5) is 39.0. The molecule has 0 saturated heterocycles. The van der Waals surface area contributed by atoms with Gasteiger partial charge in [-0.15, -0.1) is 0 Å². The van der Waals surface area contributed by atoms with E-state index < -0.39 is 24.3 Å². The summed E-state index contributed by atoms with van der Waals surface area (Å²) in [5.41, 5.74) is 13.0. The number of alkyl carbamates (subject to hydrolysis) is 1. The fourth-order valence-corrected chi connectivity index (χ4v) is 5.45. The largest absolute Gasteiger partial charge is 0.447 e. The Morgan fingerprint density at radius 2 is 1.18 bits per heavy atom. The van der Waals surface area contributed by atoms with Gasteiger partial charge in [-0.3, -0.25) is 0 Å². The van der Waals surface area contributed by atoms with Crippen molar-refractivity contribution in [2.45, 2.75) is 122 Å². The maximum atomic E-state index is 12.0. The van der Waals surface area contributed by atoms with Crippen molar-refractivity contribution in [3.05, 3.63) is 35.4 Å². The van der Waals surface area contributed by atoms with Crippen LogP contribution in [0, 0.1) is 0 Å². The van der Waals surface area contributed by atoms with Crippen LogP contribution in [-0.2, 0) is 19.0 Å². The number of rotatable bonds is 11. The minimum absolute atomic E-state index is 0.0329. The van der Waals surface area contributed by atoms with E-state index in [-0.39, 0.29) is 26.4 Å². The third-order valence-electron chi connectivity index (χ3n) is 7.94. The summed E-state index contributed by atoms with van der Waals surface area (Å²) in [6.07, 6.45) is 18.7. The van der Waals surface area contributed by atoms with Gasteiger partial charge >= 0.3 is 18.3 Å². The molecule has 1 aromatic rings. The zero-order valence-electron chi connectivity index (χ0n) is 26.6. The lowest BCUT2D eigenvalue weighted by Crippen LogP contribution is -2.43. The predicted molar refractivity (Wildman–Crippen MR) is 171 cm³/mol. The molecule has 1 aromatic carbocycles. The van der Waals surface area contributed by atoms with Crippen molar-refractivity contribution in [2.75, 3.05) is 26.4 Å². The van der Waals surface area contributed by atoms with Gasteiger partial charge in [-0.05, 0) is 36.8 Å². The molecular formula is C33H54N4O7. The first-order valence-corrected chi connectivity index (χ1v) is 16.4. The van der Waals surface area contributed by atoms with E-state index in [2.05, 4.69) is 44.2 Å². The number of ether oxygens (including phenoxy) is 3. The van der Waals surface area contributed by atoms with Gasteiger partial charge in [0.25, 0.3) is 0 Å². The second-order valence-electron chi connectivity index (χ2n) is 11.6. The Morgan fingerprint density at radius 1 is 0.727 bits per heavy atom. The normalized spacial score (nSPS) is 16.8. The Hall–Kier alpha value is -3.50. The van der Waals surface area contributed by atoms with Crippen LogP contribution in [0.2, 0.25) is 0 Å². The first-order chi connectivity index (χ1) is 21.3. The minimum Gasteiger partial charge on any atom is -0.447 e. The molecule has 1 aliphatic rings. The van der Waals surface area contributed by atoms with Crippen molar-refractivity contribution in [1.82, 2.24) is 5.32 Å². The smallest absolute Gasteiger partial charge is 0.407 e. The number of carbonyl (C=O) groups excluding carboxylic acids is 3. The molecule has 11 heteroatoms. The summed E-state index contributed by atoms with van der Waals surface area (Å²) in [6, 6.07) is 7.79. The monoisotopic (exact) mass is 618 g/mol. The maximum Gasteiger partial charge on any atom is 0.407 e. The number of hydrogen-bond acceptors (Lipinski definition) is 8. The topological polar surface area (TPSA) is 165 Å². The first-order valence-electron chi connectivity index (χ1n) is 16.4. The third-order valence-corrected chi connectivity index (χ3v) is 7.94. The van der Waals surface area contributed by atoms with Gasteiger partial charge in [-0.25, -0.2) is 14.4 Å². The van der Waals surface area contributed by atoms with Crippen molar-refractivity contribution >= 4 is 24.0 Å². The highest BCUT2D eigenvalue weighted by molar-refractivity contribution is 5.98. The molecule has 0 aromatic heterocycles. The van der Waals surface area contributed by atoms with Crippen molar-refractivity contribution in [2.24, 2.45) is 16.6 Å². The van der Waals surface area contributed by atoms with Crippen molar-refractivity contribution < 1.29 is 33.4 Å². The standard InChI is InChI=1S/C33H54N4O7/c1-26(37-44-23-22-41-33(40)36-30(24-42-31(34)38)25-43-32(35)39)27-18-20-29(21-19-27)28-16-14-12-10-8-6-4-2-3-5-7-9-11-13-15-17-28/h18-21,28,30H,2-17,22-25H2,1H3,(H2,34,38)(H2,35,39)(H,36,40)/b37-26+. The molecule has 248 valence electrons. The Kier molecular flexibility index (Phi) is 19.1. The summed E-state index contributed by atoms with van der Waals surface area (Å²) in [5, 5.41) is 6.56. The molecule has 0 aliphatic heterocycles. The minimum atomic E-state index is -1.04. The van der Waals surface area contributed by atoms with E-state index in [1.807, 2.05) is 6.92 Å². The van der Waals surface area contributed by atoms with Crippen LogP contribution in [0.5, 0.6) is 0 Å². The van der Waals surface area contributed by atoms with Gasteiger partial charge in [-0.1, -0.05) is 119 Å². The molecule has 0 radical (unpaired) electrons. The number of carbonyl (C=O) groups is 3. The highest BCUT2D eigenvalue weighted by Crippen LogP contribution is 2.29. The molecular weight excluding hydrogens is 564 g/mol. The number of nitrogens with two attached hydrogens (primary N) is 2. The average molecular weight is 619 g/mol. The molecule has 2 rings (SSSR count). The molecule has 1 saturated carbocycles. The van der Waals surface area contributed by atoms with Gasteiger partial charge in [0, 0.05) is 0 Å². The molecule has 11 nitrogen and oxygen atoms in total. The Labute approximate surface area is 262 Å². The number of oxime groups is 1. The molecule has 1 aliphatic carbocycles. The number of hydrogen-bond donors (Lipinski definition) is 3. The van der Waals surface area contributed by atoms with Crippen LogP contribution in [0.15, 0.2) is 29.4 Å². The first kappa shape index (κ1) is 36.7. The number of primary amides is 2. The summed E-state index contributed by atoms with van der Waals surface area (Å²) >= 11 is 0. The summed E-state index contributed by atoms with van der Waals surface area (Å²) in [6.45, 7) is 1.18. The molecule has 0 heterocycles. The lowest BCUT2D eigenvalue weighted by molar-refractivity contribution is 0.0673. The lowest BCUT2D eigenvalue weighted by atomic mass is 9.87. The lowest BCUT2D eigenvalue weighted by Gasteiger charge is -2.18. The second kappa shape index (κ2) is 23.0. The van der Waals surface area contributed by atoms with E-state index in [1.165, 1.54) is 108 Å². The number of benzene rings is 1. The number of nitrogens with zero attached hydrogens (tertiary/aromatic N) is 1. The van der Waals surface area contributed by atoms with E-state index in [0.29, 0.717) is 5.92 Å². The molecule has 1 fully saturated rings. The van der Waals surface area contributed by atoms with Crippen LogP contribution in [0.4, 0.5) is 14.4 Å². The highest BCUT2D eigenvalue weighted by Gasteiger charge is 2.17. The predicted octanol–water partition coefficient (Wildman–Crippen LogP) is 7.05. The summed E-state index contributed by atoms with van der Waals surface area (Å²) in [5.74, 6) is 0.598. The van der Waals surface area contributed by atoms with Crippen molar-refractivity contribution in [1.29, 1.82) is 0 Å². The molecule has 0 atom stereocenters. The van der Waals surface area contributed by atoms with Gasteiger partial charge in [0.2, 0.25) is 0 Å². The zero-order valence-corrected chi connectivity index (χ0v) is 26.6. The average Bonchev–Trinajstić information content (AvgIpc) is 3.00. The molecule has 0 spiro atoms. The van der Waals surface area contributed by atoms with Gasteiger partial charge in [0.15, 0.2) is 6.61 Å². The SMILES string of the molecule is C/C(=N\OCCOC(=O)NC(COC(N)=O)COC(N)=O)c1ccc(C2CCCCCCCCCCCCCCCC2)cc1. The van der Waals surface area contributed by atoms with E-state index in [0.717, 1.165) is 11.3 Å². The van der Waals surface area contributed by atoms with Gasteiger partial charge < -0.3 is 35.8 Å². The number of nitrogens with one attached hydrogen (secondary N) is 1.